The highest BCUT2D eigenvalue weighted by Crippen LogP contribution is 2.38. The molecule has 2 aliphatic heterocycles. The van der Waals surface area contributed by atoms with Crippen molar-refractivity contribution in [2.45, 2.75) is 72.0 Å². The molecular formula is C22H34N2O3. The Balaban J connectivity index is 1.80. The molecule has 150 valence electrons. The summed E-state index contributed by atoms with van der Waals surface area (Å²) in [6.07, 6.45) is 3.89. The van der Waals surface area contributed by atoms with Gasteiger partial charge in [0.15, 0.2) is 0 Å². The van der Waals surface area contributed by atoms with Crippen LogP contribution in [0.25, 0.3) is 0 Å². The zero-order valence-electron chi connectivity index (χ0n) is 17.5. The normalized spacial score (nSPS) is 19.7. The zero-order chi connectivity index (χ0) is 19.6. The van der Waals surface area contributed by atoms with Crippen LogP contribution in [-0.4, -0.2) is 48.9 Å². The summed E-state index contributed by atoms with van der Waals surface area (Å²) in [6.45, 7) is 13.5. The maximum absolute atomic E-state index is 12.5. The van der Waals surface area contributed by atoms with Crippen LogP contribution in [0.15, 0.2) is 12.1 Å². The molecule has 2 aliphatic rings. The van der Waals surface area contributed by atoms with E-state index >= 15 is 0 Å². The Hall–Kier alpha value is -1.91. The molecule has 0 radical (unpaired) electrons. The van der Waals surface area contributed by atoms with Crippen molar-refractivity contribution in [3.05, 3.63) is 23.3 Å². The highest BCUT2D eigenvalue weighted by Gasteiger charge is 2.28. The van der Waals surface area contributed by atoms with E-state index in [1.807, 2.05) is 25.7 Å². The third-order valence-corrected chi connectivity index (χ3v) is 5.24. The molecule has 5 heteroatoms. The lowest BCUT2D eigenvalue weighted by molar-refractivity contribution is 0.0258. The van der Waals surface area contributed by atoms with E-state index in [1.54, 1.807) is 0 Å². The lowest BCUT2D eigenvalue weighted by atomic mass is 9.99. The quantitative estimate of drug-likeness (QED) is 0.786. The summed E-state index contributed by atoms with van der Waals surface area (Å²) in [4.78, 5) is 16.8. The standard InChI is InChI=1S/C22H34N2O3/c1-6-10-24-15-18(7-2)26-20-14-17-9-12-23(21(25)27-22(3,4)5)11-8-16(17)13-19(20)24/h13-14,18H,6-12,15H2,1-5H3. The molecule has 1 atom stereocenters. The van der Waals surface area contributed by atoms with Crippen molar-refractivity contribution in [2.24, 2.45) is 0 Å². The van der Waals surface area contributed by atoms with Gasteiger partial charge in [-0.1, -0.05) is 13.8 Å². The first kappa shape index (κ1) is 19.8. The summed E-state index contributed by atoms with van der Waals surface area (Å²) in [7, 11) is 0. The van der Waals surface area contributed by atoms with Gasteiger partial charge in [-0.15, -0.1) is 0 Å². The molecule has 27 heavy (non-hydrogen) atoms. The largest absolute Gasteiger partial charge is 0.486 e. The number of hydrogen-bond donors (Lipinski definition) is 0. The number of carbonyl (C=O) groups is 1. The predicted molar refractivity (Wildman–Crippen MR) is 109 cm³/mol. The minimum Gasteiger partial charge on any atom is -0.486 e. The number of nitrogens with zero attached hydrogens (tertiary/aromatic N) is 2. The number of carbonyl (C=O) groups excluding carboxylic acids is 1. The molecule has 1 unspecified atom stereocenters. The molecule has 5 nitrogen and oxygen atoms in total. The molecule has 0 spiro atoms. The van der Waals surface area contributed by atoms with Gasteiger partial charge in [-0.2, -0.15) is 0 Å². The SMILES string of the molecule is CCCN1CC(CC)Oc2cc3c(cc21)CCN(C(=O)OC(C)(C)C)CC3. The van der Waals surface area contributed by atoms with Gasteiger partial charge < -0.3 is 19.3 Å². The number of anilines is 1. The minimum absolute atomic E-state index is 0.213. The van der Waals surface area contributed by atoms with Gasteiger partial charge in [0.25, 0.3) is 0 Å². The lowest BCUT2D eigenvalue weighted by Gasteiger charge is -2.36. The van der Waals surface area contributed by atoms with Gasteiger partial charge in [0.05, 0.1) is 12.2 Å². The van der Waals surface area contributed by atoms with E-state index in [4.69, 9.17) is 9.47 Å². The number of benzene rings is 1. The van der Waals surface area contributed by atoms with Crippen molar-refractivity contribution in [3.8, 4) is 5.75 Å². The van der Waals surface area contributed by atoms with Crippen LogP contribution in [0, 0.1) is 0 Å². The van der Waals surface area contributed by atoms with Gasteiger partial charge in [0.2, 0.25) is 0 Å². The molecule has 1 aromatic carbocycles. The van der Waals surface area contributed by atoms with Gasteiger partial charge in [-0.25, -0.2) is 4.79 Å². The third-order valence-electron chi connectivity index (χ3n) is 5.24. The van der Waals surface area contributed by atoms with E-state index in [2.05, 4.69) is 30.9 Å². The predicted octanol–water partition coefficient (Wildman–Crippen LogP) is 4.41. The van der Waals surface area contributed by atoms with E-state index in [0.29, 0.717) is 13.1 Å². The van der Waals surface area contributed by atoms with Crippen molar-refractivity contribution >= 4 is 11.8 Å². The van der Waals surface area contributed by atoms with Crippen molar-refractivity contribution in [3.63, 3.8) is 0 Å². The van der Waals surface area contributed by atoms with Crippen molar-refractivity contribution in [1.29, 1.82) is 0 Å². The molecule has 0 saturated heterocycles. The Bertz CT molecular complexity index is 681. The molecule has 0 saturated carbocycles. The molecule has 2 heterocycles. The Kier molecular flexibility index (Phi) is 5.87. The van der Waals surface area contributed by atoms with Crippen LogP contribution >= 0.6 is 0 Å². The molecule has 0 aliphatic carbocycles. The van der Waals surface area contributed by atoms with Gasteiger partial charge in [-0.05, 0) is 69.7 Å². The Morgan fingerprint density at radius 2 is 1.85 bits per heavy atom. The number of ether oxygens (including phenoxy) is 2. The van der Waals surface area contributed by atoms with Gasteiger partial charge in [-0.3, -0.25) is 0 Å². The zero-order valence-corrected chi connectivity index (χ0v) is 17.5. The Labute approximate surface area is 163 Å². The van der Waals surface area contributed by atoms with Crippen LogP contribution in [0.2, 0.25) is 0 Å². The number of amides is 1. The molecule has 0 bridgehead atoms. The van der Waals surface area contributed by atoms with Crippen molar-refractivity contribution in [2.75, 3.05) is 31.1 Å². The fraction of sp³-hybridized carbons (Fsp3) is 0.682. The Morgan fingerprint density at radius 3 is 2.44 bits per heavy atom. The summed E-state index contributed by atoms with van der Waals surface area (Å²) in [6, 6.07) is 4.51. The van der Waals surface area contributed by atoms with E-state index in [9.17, 15) is 4.79 Å². The molecule has 1 aromatic rings. The van der Waals surface area contributed by atoms with E-state index in [1.165, 1.54) is 16.8 Å². The summed E-state index contributed by atoms with van der Waals surface area (Å²) >= 11 is 0. The second-order valence-corrected chi connectivity index (χ2v) is 8.65. The third kappa shape index (κ3) is 4.69. The van der Waals surface area contributed by atoms with Gasteiger partial charge in [0.1, 0.15) is 17.5 Å². The number of rotatable bonds is 3. The highest BCUT2D eigenvalue weighted by atomic mass is 16.6. The maximum atomic E-state index is 12.5. The van der Waals surface area contributed by atoms with E-state index in [-0.39, 0.29) is 12.2 Å². The average molecular weight is 375 g/mol. The van der Waals surface area contributed by atoms with Gasteiger partial charge in [0, 0.05) is 19.6 Å². The van der Waals surface area contributed by atoms with Crippen LogP contribution in [0.5, 0.6) is 5.75 Å². The minimum atomic E-state index is -0.459. The number of hydrogen-bond acceptors (Lipinski definition) is 4. The molecule has 0 aromatic heterocycles. The maximum Gasteiger partial charge on any atom is 0.410 e. The molecule has 3 rings (SSSR count). The van der Waals surface area contributed by atoms with Crippen LogP contribution in [-0.2, 0) is 17.6 Å². The number of fused-ring (bicyclic) bond motifs is 2. The van der Waals surface area contributed by atoms with E-state index in [0.717, 1.165) is 44.5 Å². The second kappa shape index (κ2) is 7.99. The first-order valence-corrected chi connectivity index (χ1v) is 10.4. The average Bonchev–Trinajstić information content (AvgIpc) is 2.81. The molecular weight excluding hydrogens is 340 g/mol. The summed E-state index contributed by atoms with van der Waals surface area (Å²) in [5, 5.41) is 0. The monoisotopic (exact) mass is 374 g/mol. The first-order valence-electron chi connectivity index (χ1n) is 10.4. The topological polar surface area (TPSA) is 42.0 Å². The first-order chi connectivity index (χ1) is 12.8. The van der Waals surface area contributed by atoms with Crippen molar-refractivity contribution < 1.29 is 14.3 Å². The van der Waals surface area contributed by atoms with Crippen LogP contribution in [0.4, 0.5) is 10.5 Å². The second-order valence-electron chi connectivity index (χ2n) is 8.65. The lowest BCUT2D eigenvalue weighted by Crippen LogP contribution is -2.40. The summed E-state index contributed by atoms with van der Waals surface area (Å²) < 4.78 is 11.8. The van der Waals surface area contributed by atoms with Crippen molar-refractivity contribution in [1.82, 2.24) is 4.90 Å². The smallest absolute Gasteiger partial charge is 0.410 e. The van der Waals surface area contributed by atoms with Crippen LogP contribution in [0.3, 0.4) is 0 Å². The van der Waals surface area contributed by atoms with Crippen LogP contribution in [0.1, 0.15) is 58.6 Å². The summed E-state index contributed by atoms with van der Waals surface area (Å²) in [5.41, 5.74) is 3.39. The fourth-order valence-electron chi connectivity index (χ4n) is 3.85. The van der Waals surface area contributed by atoms with Crippen LogP contribution < -0.4 is 9.64 Å². The molecule has 0 fully saturated rings. The van der Waals surface area contributed by atoms with E-state index < -0.39 is 5.60 Å². The highest BCUT2D eigenvalue weighted by molar-refractivity contribution is 5.69. The Morgan fingerprint density at radius 1 is 1.19 bits per heavy atom. The summed E-state index contributed by atoms with van der Waals surface area (Å²) in [5.74, 6) is 1.01. The molecule has 0 N–H and O–H groups in total. The molecule has 1 amide bonds. The van der Waals surface area contributed by atoms with Gasteiger partial charge >= 0.3 is 6.09 Å². The fourth-order valence-corrected chi connectivity index (χ4v) is 3.85.